The molecule has 0 fully saturated rings. The lowest BCUT2D eigenvalue weighted by atomic mass is 10.2. The van der Waals surface area contributed by atoms with Crippen molar-refractivity contribution in [2.75, 3.05) is 14.2 Å². The summed E-state index contributed by atoms with van der Waals surface area (Å²) in [5.41, 5.74) is 1.32. The highest BCUT2D eigenvalue weighted by atomic mass is 19.1. The van der Waals surface area contributed by atoms with Gasteiger partial charge in [-0.05, 0) is 29.8 Å². The van der Waals surface area contributed by atoms with Crippen molar-refractivity contribution in [1.29, 1.82) is 0 Å². The van der Waals surface area contributed by atoms with Gasteiger partial charge in [0.2, 0.25) is 5.69 Å². The molecule has 0 aliphatic rings. The molecular weight excluding hydrogens is 339 g/mol. The summed E-state index contributed by atoms with van der Waals surface area (Å²) in [7, 11) is 2.83. The minimum Gasteiger partial charge on any atom is -0.494 e. The van der Waals surface area contributed by atoms with E-state index in [1.54, 1.807) is 12.3 Å². The van der Waals surface area contributed by atoms with Gasteiger partial charge in [-0.25, -0.2) is 13.9 Å². The molecule has 0 saturated heterocycles. The van der Waals surface area contributed by atoms with E-state index >= 15 is 0 Å². The fourth-order valence-corrected chi connectivity index (χ4v) is 2.38. The maximum atomic E-state index is 13.7. The Labute approximate surface area is 149 Å². The lowest BCUT2D eigenvalue weighted by Crippen LogP contribution is -2.08. The van der Waals surface area contributed by atoms with Crippen LogP contribution in [0.5, 0.6) is 11.5 Å². The molecule has 26 heavy (non-hydrogen) atoms. The SMILES string of the molecule is COc1ccc(COC(=O)c2nn(-c3ccccc3)cc2OC)cc1F. The van der Waals surface area contributed by atoms with Gasteiger partial charge in [0.25, 0.3) is 0 Å². The van der Waals surface area contributed by atoms with Gasteiger partial charge < -0.3 is 14.2 Å². The van der Waals surface area contributed by atoms with E-state index in [2.05, 4.69) is 5.10 Å². The first-order valence-electron chi connectivity index (χ1n) is 7.81. The number of methoxy groups -OCH3 is 2. The quantitative estimate of drug-likeness (QED) is 0.634. The fourth-order valence-electron chi connectivity index (χ4n) is 2.38. The number of hydrogen-bond donors (Lipinski definition) is 0. The van der Waals surface area contributed by atoms with Crippen molar-refractivity contribution in [3.63, 3.8) is 0 Å². The van der Waals surface area contributed by atoms with E-state index < -0.39 is 11.8 Å². The lowest BCUT2D eigenvalue weighted by Gasteiger charge is -2.06. The van der Waals surface area contributed by atoms with Gasteiger partial charge in [-0.3, -0.25) is 0 Å². The van der Waals surface area contributed by atoms with Crippen LogP contribution in [0, 0.1) is 5.82 Å². The number of benzene rings is 2. The van der Waals surface area contributed by atoms with Crippen LogP contribution in [0.4, 0.5) is 4.39 Å². The number of para-hydroxylation sites is 1. The van der Waals surface area contributed by atoms with Gasteiger partial charge in [0, 0.05) is 0 Å². The van der Waals surface area contributed by atoms with Gasteiger partial charge in [0.1, 0.15) is 6.61 Å². The molecule has 1 aromatic heterocycles. The maximum absolute atomic E-state index is 13.7. The van der Waals surface area contributed by atoms with Crippen molar-refractivity contribution in [2.45, 2.75) is 6.61 Å². The fraction of sp³-hybridized carbons (Fsp3) is 0.158. The molecule has 0 aliphatic carbocycles. The molecule has 1 heterocycles. The second-order valence-corrected chi connectivity index (χ2v) is 5.37. The van der Waals surface area contributed by atoms with Crippen molar-refractivity contribution in [3.8, 4) is 17.2 Å². The smallest absolute Gasteiger partial charge is 0.363 e. The number of halogens is 1. The van der Waals surface area contributed by atoms with Gasteiger partial charge in [-0.2, -0.15) is 5.10 Å². The second kappa shape index (κ2) is 7.69. The van der Waals surface area contributed by atoms with Crippen molar-refractivity contribution in [3.05, 3.63) is 71.8 Å². The van der Waals surface area contributed by atoms with Crippen LogP contribution in [-0.2, 0) is 11.3 Å². The summed E-state index contributed by atoms with van der Waals surface area (Å²) in [5.74, 6) is -0.761. The molecule has 0 unspecified atom stereocenters. The summed E-state index contributed by atoms with van der Waals surface area (Å²) >= 11 is 0. The molecule has 0 amide bonds. The Morgan fingerprint density at radius 1 is 1.08 bits per heavy atom. The minimum absolute atomic E-state index is 0.0466. The monoisotopic (exact) mass is 356 g/mol. The third-order valence-corrected chi connectivity index (χ3v) is 3.70. The zero-order valence-electron chi connectivity index (χ0n) is 14.3. The predicted molar refractivity (Wildman–Crippen MR) is 92.2 cm³/mol. The number of esters is 1. The van der Waals surface area contributed by atoms with Crippen LogP contribution in [0.1, 0.15) is 16.1 Å². The molecule has 134 valence electrons. The molecule has 3 aromatic rings. The number of aromatic nitrogens is 2. The Balaban J connectivity index is 1.75. The predicted octanol–water partition coefficient (Wildman–Crippen LogP) is 3.39. The largest absolute Gasteiger partial charge is 0.494 e. The maximum Gasteiger partial charge on any atom is 0.363 e. The summed E-state index contributed by atoms with van der Waals surface area (Å²) in [4.78, 5) is 12.4. The van der Waals surface area contributed by atoms with Crippen LogP contribution in [-0.4, -0.2) is 30.0 Å². The first-order valence-corrected chi connectivity index (χ1v) is 7.81. The van der Waals surface area contributed by atoms with Crippen LogP contribution in [0.25, 0.3) is 5.69 Å². The highest BCUT2D eigenvalue weighted by Gasteiger charge is 2.20. The molecule has 0 saturated carbocycles. The van der Waals surface area contributed by atoms with E-state index in [0.717, 1.165) is 5.69 Å². The molecular formula is C19H17FN2O4. The Bertz CT molecular complexity index is 909. The summed E-state index contributed by atoms with van der Waals surface area (Å²) in [6.45, 7) is -0.0961. The van der Waals surface area contributed by atoms with Gasteiger partial charge in [-0.15, -0.1) is 0 Å². The van der Waals surface area contributed by atoms with Gasteiger partial charge in [-0.1, -0.05) is 24.3 Å². The third-order valence-electron chi connectivity index (χ3n) is 3.70. The molecule has 2 aromatic carbocycles. The number of hydrogen-bond acceptors (Lipinski definition) is 5. The Morgan fingerprint density at radius 3 is 2.46 bits per heavy atom. The van der Waals surface area contributed by atoms with E-state index in [0.29, 0.717) is 11.3 Å². The van der Waals surface area contributed by atoms with Crippen LogP contribution in [0.2, 0.25) is 0 Å². The van der Waals surface area contributed by atoms with Crippen molar-refractivity contribution in [2.24, 2.45) is 0 Å². The Hall–Kier alpha value is -3.35. The van der Waals surface area contributed by atoms with Crippen molar-refractivity contribution < 1.29 is 23.4 Å². The van der Waals surface area contributed by atoms with Crippen LogP contribution < -0.4 is 9.47 Å². The van der Waals surface area contributed by atoms with E-state index in [4.69, 9.17) is 14.2 Å². The topological polar surface area (TPSA) is 62.6 Å². The molecule has 0 radical (unpaired) electrons. The summed E-state index contributed by atoms with van der Waals surface area (Å²) in [6, 6.07) is 13.7. The zero-order chi connectivity index (χ0) is 18.5. The van der Waals surface area contributed by atoms with Gasteiger partial charge in [0.05, 0.1) is 26.1 Å². The number of ether oxygens (including phenoxy) is 3. The molecule has 3 rings (SSSR count). The minimum atomic E-state index is -0.659. The second-order valence-electron chi connectivity index (χ2n) is 5.37. The average Bonchev–Trinajstić information content (AvgIpc) is 3.11. The Kier molecular flexibility index (Phi) is 5.17. The van der Waals surface area contributed by atoms with Crippen LogP contribution in [0.3, 0.4) is 0 Å². The third kappa shape index (κ3) is 3.66. The first kappa shape index (κ1) is 17.5. The summed E-state index contributed by atoms with van der Waals surface area (Å²) < 4.78 is 30.5. The van der Waals surface area contributed by atoms with Gasteiger partial charge in [0.15, 0.2) is 17.3 Å². The standard InChI is InChI=1S/C19H17FN2O4/c1-24-16-9-8-13(10-15(16)20)12-26-19(23)18-17(25-2)11-22(21-18)14-6-4-3-5-7-14/h3-11H,12H2,1-2H3. The van der Waals surface area contributed by atoms with Crippen LogP contribution >= 0.6 is 0 Å². The normalized spacial score (nSPS) is 10.4. The van der Waals surface area contributed by atoms with Crippen molar-refractivity contribution in [1.82, 2.24) is 9.78 Å². The van der Waals surface area contributed by atoms with E-state index in [1.807, 2.05) is 30.3 Å². The van der Waals surface area contributed by atoms with Gasteiger partial charge >= 0.3 is 5.97 Å². The average molecular weight is 356 g/mol. The molecule has 0 N–H and O–H groups in total. The first-order chi connectivity index (χ1) is 12.6. The molecule has 0 aliphatic heterocycles. The molecule has 0 spiro atoms. The molecule has 0 bridgehead atoms. The highest BCUT2D eigenvalue weighted by Crippen LogP contribution is 2.22. The number of carbonyl (C=O) groups excluding carboxylic acids is 1. The van der Waals surface area contributed by atoms with Crippen LogP contribution in [0.15, 0.2) is 54.7 Å². The zero-order valence-corrected chi connectivity index (χ0v) is 14.3. The van der Waals surface area contributed by atoms with E-state index in [-0.39, 0.29) is 18.1 Å². The highest BCUT2D eigenvalue weighted by molar-refractivity contribution is 5.90. The number of carbonyl (C=O) groups is 1. The molecule has 0 atom stereocenters. The van der Waals surface area contributed by atoms with E-state index in [1.165, 1.54) is 31.0 Å². The molecule has 7 heteroatoms. The summed E-state index contributed by atoms with van der Waals surface area (Å²) in [6.07, 6.45) is 1.60. The number of nitrogens with zero attached hydrogens (tertiary/aromatic N) is 2. The lowest BCUT2D eigenvalue weighted by molar-refractivity contribution is 0.0461. The molecule has 6 nitrogen and oxygen atoms in total. The van der Waals surface area contributed by atoms with E-state index in [9.17, 15) is 9.18 Å². The Morgan fingerprint density at radius 2 is 1.81 bits per heavy atom. The van der Waals surface area contributed by atoms with Crippen molar-refractivity contribution >= 4 is 5.97 Å². The number of rotatable bonds is 6. The summed E-state index contributed by atoms with van der Waals surface area (Å²) in [5, 5.41) is 4.23.